The van der Waals surface area contributed by atoms with Crippen molar-refractivity contribution in [3.05, 3.63) is 58.7 Å². The molecule has 156 valence electrons. The molecular weight excluding hydrogens is 386 g/mol. The van der Waals surface area contributed by atoms with Gasteiger partial charge in [0.1, 0.15) is 5.82 Å². The van der Waals surface area contributed by atoms with Crippen LogP contribution >= 0.6 is 11.6 Å². The lowest BCUT2D eigenvalue weighted by Gasteiger charge is -2.36. The Morgan fingerprint density at radius 1 is 1.10 bits per heavy atom. The van der Waals surface area contributed by atoms with Gasteiger partial charge in [0.05, 0.1) is 18.8 Å². The highest BCUT2D eigenvalue weighted by atomic mass is 35.5. The molecule has 0 saturated carbocycles. The fourth-order valence-electron chi connectivity index (χ4n) is 3.36. The molecule has 0 aliphatic carbocycles. The molecule has 2 unspecified atom stereocenters. The number of halogens is 1. The molecule has 0 amide bonds. The van der Waals surface area contributed by atoms with Crippen molar-refractivity contribution >= 4 is 23.4 Å². The number of aromatic nitrogens is 1. The topological polar surface area (TPSA) is 61.8 Å². The SMILES string of the molecule is CCNC(=NCc1ccc(N2CC(C)OC(C)C2)nc1)NCc1ccc(Cl)cc1. The van der Waals surface area contributed by atoms with Gasteiger partial charge >= 0.3 is 0 Å². The smallest absolute Gasteiger partial charge is 0.191 e. The summed E-state index contributed by atoms with van der Waals surface area (Å²) in [6.07, 6.45) is 2.35. The minimum Gasteiger partial charge on any atom is -0.372 e. The molecule has 6 nitrogen and oxygen atoms in total. The molecule has 0 spiro atoms. The van der Waals surface area contributed by atoms with Crippen molar-refractivity contribution in [2.75, 3.05) is 24.5 Å². The molecule has 2 heterocycles. The van der Waals surface area contributed by atoms with Crippen LogP contribution in [0.3, 0.4) is 0 Å². The summed E-state index contributed by atoms with van der Waals surface area (Å²) < 4.78 is 5.80. The first-order valence-corrected chi connectivity index (χ1v) is 10.5. The van der Waals surface area contributed by atoms with E-state index in [1.54, 1.807) is 0 Å². The number of morpholine rings is 1. The molecule has 0 bridgehead atoms. The monoisotopic (exact) mass is 415 g/mol. The third-order valence-electron chi connectivity index (χ3n) is 4.69. The summed E-state index contributed by atoms with van der Waals surface area (Å²) in [6, 6.07) is 12.0. The Kier molecular flexibility index (Phi) is 7.72. The molecule has 2 atom stereocenters. The number of hydrogen-bond donors (Lipinski definition) is 2. The van der Waals surface area contributed by atoms with Gasteiger partial charge in [-0.15, -0.1) is 0 Å². The molecule has 1 aromatic heterocycles. The van der Waals surface area contributed by atoms with Crippen LogP contribution in [0.1, 0.15) is 31.9 Å². The van der Waals surface area contributed by atoms with E-state index in [2.05, 4.69) is 58.4 Å². The van der Waals surface area contributed by atoms with Crippen LogP contribution in [0.4, 0.5) is 5.82 Å². The van der Waals surface area contributed by atoms with Crippen LogP contribution in [0.25, 0.3) is 0 Å². The number of ether oxygens (including phenoxy) is 1. The van der Waals surface area contributed by atoms with Crippen LogP contribution in [0.2, 0.25) is 5.02 Å². The first kappa shape index (κ1) is 21.4. The molecular formula is C22H30ClN5O. The number of hydrogen-bond acceptors (Lipinski definition) is 4. The number of nitrogens with zero attached hydrogens (tertiary/aromatic N) is 3. The average Bonchev–Trinajstić information content (AvgIpc) is 2.71. The normalized spacial score (nSPS) is 19.9. The number of rotatable bonds is 6. The lowest BCUT2D eigenvalue weighted by atomic mass is 10.2. The van der Waals surface area contributed by atoms with Crippen LogP contribution in [-0.4, -0.2) is 42.8 Å². The Balaban J connectivity index is 1.57. The number of pyridine rings is 1. The van der Waals surface area contributed by atoms with Crippen molar-refractivity contribution in [2.24, 2.45) is 4.99 Å². The van der Waals surface area contributed by atoms with Gasteiger partial charge in [-0.1, -0.05) is 29.8 Å². The number of anilines is 1. The van der Waals surface area contributed by atoms with E-state index in [1.165, 1.54) is 0 Å². The predicted molar refractivity (Wildman–Crippen MR) is 120 cm³/mol. The Labute approximate surface area is 178 Å². The highest BCUT2D eigenvalue weighted by Crippen LogP contribution is 2.18. The molecule has 3 rings (SSSR count). The molecule has 1 aliphatic rings. The third-order valence-corrected chi connectivity index (χ3v) is 4.94. The molecule has 2 aromatic rings. The molecule has 1 fully saturated rings. The van der Waals surface area contributed by atoms with Gasteiger partial charge < -0.3 is 20.3 Å². The highest BCUT2D eigenvalue weighted by molar-refractivity contribution is 6.30. The van der Waals surface area contributed by atoms with Gasteiger partial charge in [-0.3, -0.25) is 0 Å². The maximum atomic E-state index is 5.94. The van der Waals surface area contributed by atoms with Crippen LogP contribution in [0.15, 0.2) is 47.6 Å². The van der Waals surface area contributed by atoms with Crippen molar-refractivity contribution in [1.82, 2.24) is 15.6 Å². The second-order valence-electron chi connectivity index (χ2n) is 7.36. The van der Waals surface area contributed by atoms with Gasteiger partial charge in [0.15, 0.2) is 5.96 Å². The van der Waals surface area contributed by atoms with E-state index >= 15 is 0 Å². The summed E-state index contributed by atoms with van der Waals surface area (Å²) in [5.74, 6) is 1.77. The van der Waals surface area contributed by atoms with Gasteiger partial charge in [0.25, 0.3) is 0 Å². The van der Waals surface area contributed by atoms with Crippen LogP contribution < -0.4 is 15.5 Å². The number of nitrogens with one attached hydrogen (secondary N) is 2. The van der Waals surface area contributed by atoms with Crippen LogP contribution in [0, 0.1) is 0 Å². The minimum atomic E-state index is 0.221. The predicted octanol–water partition coefficient (Wildman–Crippen LogP) is 3.60. The van der Waals surface area contributed by atoms with Gasteiger partial charge in [-0.25, -0.2) is 9.98 Å². The molecule has 7 heteroatoms. The third kappa shape index (κ3) is 6.61. The average molecular weight is 416 g/mol. The molecule has 1 aliphatic heterocycles. The van der Waals surface area contributed by atoms with Gasteiger partial charge in [-0.05, 0) is 50.1 Å². The molecule has 29 heavy (non-hydrogen) atoms. The quantitative estimate of drug-likeness (QED) is 0.557. The Hall–Kier alpha value is -2.31. The number of guanidine groups is 1. The summed E-state index contributed by atoms with van der Waals surface area (Å²) in [5, 5.41) is 7.37. The number of benzene rings is 1. The first-order valence-electron chi connectivity index (χ1n) is 10.2. The van der Waals surface area contributed by atoms with Crippen LogP contribution in [-0.2, 0) is 17.8 Å². The fraction of sp³-hybridized carbons (Fsp3) is 0.455. The molecule has 1 aromatic carbocycles. The zero-order valence-electron chi connectivity index (χ0n) is 17.4. The minimum absolute atomic E-state index is 0.221. The summed E-state index contributed by atoms with van der Waals surface area (Å²) in [5.41, 5.74) is 2.23. The van der Waals surface area contributed by atoms with E-state index in [0.717, 1.165) is 47.6 Å². The summed E-state index contributed by atoms with van der Waals surface area (Å²) in [4.78, 5) is 11.6. The standard InChI is InChI=1S/C22H30ClN5O/c1-4-24-22(26-11-18-5-8-20(23)9-6-18)27-13-19-7-10-21(25-12-19)28-14-16(2)29-17(3)15-28/h5-10,12,16-17H,4,11,13-15H2,1-3H3,(H2,24,26,27). The molecule has 2 N–H and O–H groups in total. The van der Waals surface area contributed by atoms with E-state index in [4.69, 9.17) is 16.3 Å². The second kappa shape index (κ2) is 10.5. The summed E-state index contributed by atoms with van der Waals surface area (Å²) in [6.45, 7) is 10.1. The lowest BCUT2D eigenvalue weighted by Crippen LogP contribution is -2.45. The van der Waals surface area contributed by atoms with Crippen molar-refractivity contribution in [1.29, 1.82) is 0 Å². The maximum Gasteiger partial charge on any atom is 0.191 e. The fourth-order valence-corrected chi connectivity index (χ4v) is 3.49. The largest absolute Gasteiger partial charge is 0.372 e. The number of aliphatic imine (C=N–C) groups is 1. The zero-order chi connectivity index (χ0) is 20.6. The van der Waals surface area contributed by atoms with Gasteiger partial charge in [-0.2, -0.15) is 0 Å². The van der Waals surface area contributed by atoms with Gasteiger partial charge in [0, 0.05) is 37.4 Å². The van der Waals surface area contributed by atoms with E-state index in [-0.39, 0.29) is 12.2 Å². The summed E-state index contributed by atoms with van der Waals surface area (Å²) in [7, 11) is 0. The van der Waals surface area contributed by atoms with Crippen molar-refractivity contribution in [2.45, 2.75) is 46.1 Å². The lowest BCUT2D eigenvalue weighted by molar-refractivity contribution is -0.00545. The van der Waals surface area contributed by atoms with Crippen molar-refractivity contribution < 1.29 is 4.74 Å². The molecule has 0 radical (unpaired) electrons. The van der Waals surface area contributed by atoms with Crippen molar-refractivity contribution in [3.8, 4) is 0 Å². The Morgan fingerprint density at radius 2 is 1.79 bits per heavy atom. The van der Waals surface area contributed by atoms with Crippen molar-refractivity contribution in [3.63, 3.8) is 0 Å². The second-order valence-corrected chi connectivity index (χ2v) is 7.80. The van der Waals surface area contributed by atoms with Gasteiger partial charge in [0.2, 0.25) is 0 Å². The highest BCUT2D eigenvalue weighted by Gasteiger charge is 2.22. The molecule has 1 saturated heterocycles. The van der Waals surface area contributed by atoms with E-state index in [9.17, 15) is 0 Å². The van der Waals surface area contributed by atoms with E-state index in [0.29, 0.717) is 13.1 Å². The van der Waals surface area contributed by atoms with E-state index in [1.807, 2.05) is 30.5 Å². The zero-order valence-corrected chi connectivity index (χ0v) is 18.1. The Bertz CT molecular complexity index is 784. The summed E-state index contributed by atoms with van der Waals surface area (Å²) >= 11 is 5.94. The maximum absolute atomic E-state index is 5.94. The van der Waals surface area contributed by atoms with E-state index < -0.39 is 0 Å². The van der Waals surface area contributed by atoms with Crippen LogP contribution in [0.5, 0.6) is 0 Å². The first-order chi connectivity index (χ1) is 14.0. The Morgan fingerprint density at radius 3 is 2.41 bits per heavy atom.